The fourth-order valence-electron chi connectivity index (χ4n) is 6.28. The van der Waals surface area contributed by atoms with Gasteiger partial charge in [-0.25, -0.2) is 9.78 Å². The number of H-pyrrole nitrogens is 1. The van der Waals surface area contributed by atoms with Crippen molar-refractivity contribution in [3.8, 4) is 23.0 Å². The van der Waals surface area contributed by atoms with Gasteiger partial charge in [0.15, 0.2) is 0 Å². The normalized spacial score (nSPS) is 13.8. The lowest BCUT2D eigenvalue weighted by molar-refractivity contribution is 0.256. The summed E-state index contributed by atoms with van der Waals surface area (Å²) < 4.78 is 0. The van der Waals surface area contributed by atoms with Crippen molar-refractivity contribution in [1.29, 1.82) is 0 Å². The number of unbranched alkanes of at least 4 members (excludes halogenated alkanes) is 1. The number of fused-ring (bicyclic) bond motifs is 1. The molecule has 5 rings (SSSR count). The van der Waals surface area contributed by atoms with Crippen LogP contribution in [0.3, 0.4) is 0 Å². The van der Waals surface area contributed by atoms with Crippen molar-refractivity contribution >= 4 is 28.4 Å². The number of nitrogens with zero attached hydrogens (tertiary/aromatic N) is 3. The van der Waals surface area contributed by atoms with Gasteiger partial charge in [-0.05, 0) is 109 Å². The highest BCUT2D eigenvalue weighted by molar-refractivity contribution is 6.03. The standard InChI is InChI=1S/C40H49N5O2/c1-6-7-23-45(36-27-32-18-13-19-41-38(32)43-39(36)46)40(47)42-37-34(28(2)3)25-33(26-35(37)29(4)5)31-17-12-15-30(24-31)16-14-22-44-20-10-8-9-11-21-44/h12-13,15,17-19,24-29H,6-11,20-23H2,1-5H3,(H,42,47)(H,41,43,46). The molecule has 47 heavy (non-hydrogen) atoms. The molecule has 0 unspecified atom stereocenters. The lowest BCUT2D eigenvalue weighted by atomic mass is 9.88. The van der Waals surface area contributed by atoms with E-state index in [1.807, 2.05) is 12.1 Å². The fourth-order valence-corrected chi connectivity index (χ4v) is 6.28. The number of pyridine rings is 2. The van der Waals surface area contributed by atoms with Crippen molar-refractivity contribution in [2.75, 3.05) is 36.4 Å². The Labute approximate surface area is 279 Å². The van der Waals surface area contributed by atoms with E-state index in [-0.39, 0.29) is 23.4 Å². The van der Waals surface area contributed by atoms with Crippen molar-refractivity contribution in [3.63, 3.8) is 0 Å². The second kappa shape index (κ2) is 15.9. The Bertz CT molecular complexity index is 1780. The fraction of sp³-hybridized carbons (Fsp3) is 0.425. The predicted molar refractivity (Wildman–Crippen MR) is 195 cm³/mol. The smallest absolute Gasteiger partial charge is 0.307 e. The molecule has 3 heterocycles. The number of rotatable bonds is 9. The summed E-state index contributed by atoms with van der Waals surface area (Å²) in [6, 6.07) is 18.0. The van der Waals surface area contributed by atoms with Crippen LogP contribution in [0, 0.1) is 11.8 Å². The quantitative estimate of drug-likeness (QED) is 0.181. The monoisotopic (exact) mass is 631 g/mol. The average molecular weight is 632 g/mol. The van der Waals surface area contributed by atoms with Crippen molar-refractivity contribution in [1.82, 2.24) is 14.9 Å². The molecule has 0 bridgehead atoms. The number of carbonyl (C=O) groups excluding carboxylic acids is 1. The summed E-state index contributed by atoms with van der Waals surface area (Å²) in [7, 11) is 0. The van der Waals surface area contributed by atoms with Gasteiger partial charge in [-0.3, -0.25) is 14.6 Å². The first kappa shape index (κ1) is 33.9. The third-order valence-corrected chi connectivity index (χ3v) is 8.97. The van der Waals surface area contributed by atoms with Crippen LogP contribution in [0.1, 0.15) is 102 Å². The first-order valence-electron chi connectivity index (χ1n) is 17.3. The van der Waals surface area contributed by atoms with Gasteiger partial charge in [-0.1, -0.05) is 77.9 Å². The summed E-state index contributed by atoms with van der Waals surface area (Å²) in [4.78, 5) is 38.5. The van der Waals surface area contributed by atoms with Crippen LogP contribution in [0.15, 0.2) is 65.6 Å². The van der Waals surface area contributed by atoms with Crippen LogP contribution in [0.5, 0.6) is 0 Å². The summed E-state index contributed by atoms with van der Waals surface area (Å²) in [5.74, 6) is 7.13. The summed E-state index contributed by atoms with van der Waals surface area (Å²) in [6.45, 7) is 14.2. The van der Waals surface area contributed by atoms with E-state index >= 15 is 0 Å². The summed E-state index contributed by atoms with van der Waals surface area (Å²) in [5.41, 5.74) is 6.64. The Balaban J connectivity index is 1.47. The molecular formula is C40H49N5O2. The number of amides is 2. The first-order valence-corrected chi connectivity index (χ1v) is 17.3. The zero-order valence-electron chi connectivity index (χ0n) is 28.7. The van der Waals surface area contributed by atoms with Gasteiger partial charge < -0.3 is 10.3 Å². The van der Waals surface area contributed by atoms with Crippen LogP contribution in [-0.4, -0.2) is 47.1 Å². The lowest BCUT2D eigenvalue weighted by Crippen LogP contribution is -2.39. The Hall–Kier alpha value is -4.41. The minimum Gasteiger partial charge on any atom is -0.307 e. The number of nitrogens with one attached hydrogen (secondary N) is 2. The number of likely N-dealkylation sites (tertiary alicyclic amines) is 1. The zero-order chi connectivity index (χ0) is 33.3. The lowest BCUT2D eigenvalue weighted by Gasteiger charge is -2.27. The second-order valence-corrected chi connectivity index (χ2v) is 13.3. The van der Waals surface area contributed by atoms with E-state index in [2.05, 4.69) is 103 Å². The Morgan fingerprint density at radius 2 is 1.68 bits per heavy atom. The van der Waals surface area contributed by atoms with E-state index in [9.17, 15) is 9.59 Å². The molecule has 1 saturated heterocycles. The number of hydrogen-bond acceptors (Lipinski definition) is 4. The average Bonchev–Trinajstić information content (AvgIpc) is 3.34. The number of benzene rings is 2. The van der Waals surface area contributed by atoms with Crippen LogP contribution in [-0.2, 0) is 0 Å². The number of carbonyl (C=O) groups is 1. The maximum atomic E-state index is 14.1. The molecule has 246 valence electrons. The Morgan fingerprint density at radius 1 is 0.957 bits per heavy atom. The van der Waals surface area contributed by atoms with Crippen molar-refractivity contribution in [3.05, 3.63) is 87.8 Å². The molecule has 0 atom stereocenters. The predicted octanol–water partition coefficient (Wildman–Crippen LogP) is 8.90. The third kappa shape index (κ3) is 8.50. The largest absolute Gasteiger partial charge is 0.326 e. The number of urea groups is 1. The SMILES string of the molecule is CCCCN(C(=O)Nc1c(C(C)C)cc(-c2cccc(C#CCN3CCCCCC3)c2)cc1C(C)C)c1cc2cccnc2[nH]c1=O. The summed E-state index contributed by atoms with van der Waals surface area (Å²) >= 11 is 0. The topological polar surface area (TPSA) is 81.3 Å². The molecule has 4 aromatic rings. The first-order chi connectivity index (χ1) is 22.7. The van der Waals surface area contributed by atoms with Crippen molar-refractivity contribution < 1.29 is 4.79 Å². The van der Waals surface area contributed by atoms with E-state index in [1.165, 1.54) is 25.7 Å². The van der Waals surface area contributed by atoms with Gasteiger partial charge in [0.2, 0.25) is 0 Å². The Morgan fingerprint density at radius 3 is 2.36 bits per heavy atom. The molecular weight excluding hydrogens is 582 g/mol. The summed E-state index contributed by atoms with van der Waals surface area (Å²) in [5, 5.41) is 4.05. The van der Waals surface area contributed by atoms with Gasteiger partial charge in [0, 0.05) is 29.4 Å². The van der Waals surface area contributed by atoms with Crippen LogP contribution in [0.4, 0.5) is 16.2 Å². The number of hydrogen-bond donors (Lipinski definition) is 2. The van der Waals surface area contributed by atoms with E-state index < -0.39 is 0 Å². The van der Waals surface area contributed by atoms with E-state index in [0.717, 1.165) is 71.4 Å². The summed E-state index contributed by atoms with van der Waals surface area (Å²) in [6.07, 6.45) is 8.48. The van der Waals surface area contributed by atoms with Crippen LogP contribution >= 0.6 is 0 Å². The zero-order valence-corrected chi connectivity index (χ0v) is 28.7. The van der Waals surface area contributed by atoms with Crippen molar-refractivity contribution in [2.45, 2.75) is 85.0 Å². The van der Waals surface area contributed by atoms with Crippen LogP contribution in [0.2, 0.25) is 0 Å². The molecule has 0 saturated carbocycles. The molecule has 7 nitrogen and oxygen atoms in total. The molecule has 1 aliphatic rings. The van der Waals surface area contributed by atoms with Crippen molar-refractivity contribution in [2.24, 2.45) is 0 Å². The van der Waals surface area contributed by atoms with Crippen LogP contribution in [0.25, 0.3) is 22.2 Å². The van der Waals surface area contributed by atoms with E-state index in [1.54, 1.807) is 17.2 Å². The van der Waals surface area contributed by atoms with Gasteiger partial charge in [0.1, 0.15) is 11.3 Å². The highest BCUT2D eigenvalue weighted by atomic mass is 16.2. The molecule has 1 aliphatic heterocycles. The number of aromatic amines is 1. The molecule has 0 spiro atoms. The van der Waals surface area contributed by atoms with Gasteiger partial charge in [0.05, 0.1) is 6.54 Å². The van der Waals surface area contributed by atoms with Gasteiger partial charge in [0.25, 0.3) is 5.56 Å². The van der Waals surface area contributed by atoms with E-state index in [4.69, 9.17) is 0 Å². The molecule has 1 fully saturated rings. The minimum atomic E-state index is -0.333. The van der Waals surface area contributed by atoms with Crippen LogP contribution < -0.4 is 15.8 Å². The van der Waals surface area contributed by atoms with Gasteiger partial charge in [-0.2, -0.15) is 0 Å². The highest BCUT2D eigenvalue weighted by Gasteiger charge is 2.24. The number of aromatic nitrogens is 2. The van der Waals surface area contributed by atoms with Gasteiger partial charge >= 0.3 is 6.03 Å². The number of anilines is 2. The highest BCUT2D eigenvalue weighted by Crippen LogP contribution is 2.38. The molecule has 2 aromatic carbocycles. The molecule has 7 heteroatoms. The third-order valence-electron chi connectivity index (χ3n) is 8.97. The molecule has 2 N–H and O–H groups in total. The Kier molecular flexibility index (Phi) is 11.5. The van der Waals surface area contributed by atoms with Gasteiger partial charge in [-0.15, -0.1) is 0 Å². The molecule has 2 amide bonds. The maximum absolute atomic E-state index is 14.1. The minimum absolute atomic E-state index is 0.151. The maximum Gasteiger partial charge on any atom is 0.326 e. The molecule has 2 aromatic heterocycles. The van der Waals surface area contributed by atoms with E-state index in [0.29, 0.717) is 17.9 Å². The molecule has 0 aliphatic carbocycles. The second-order valence-electron chi connectivity index (χ2n) is 13.3. The molecule has 0 radical (unpaired) electrons.